The Hall–Kier alpha value is -2.38. The number of benzene rings is 2. The summed E-state index contributed by atoms with van der Waals surface area (Å²) in [6.45, 7) is 2.78. The van der Waals surface area contributed by atoms with Gasteiger partial charge in [0.15, 0.2) is 0 Å². The van der Waals surface area contributed by atoms with Gasteiger partial charge in [0.2, 0.25) is 15.9 Å². The summed E-state index contributed by atoms with van der Waals surface area (Å²) >= 11 is 0. The molecule has 1 amide bonds. The Balaban J connectivity index is 1.55. The molecule has 2 aromatic rings. The molecule has 0 aliphatic carbocycles. The largest absolute Gasteiger partial charge is 0.497 e. The summed E-state index contributed by atoms with van der Waals surface area (Å²) in [7, 11) is -1.98. The number of piperidine rings is 1. The lowest BCUT2D eigenvalue weighted by Gasteiger charge is -2.31. The molecular formula is C21H26N2O4S. The number of carbonyl (C=O) groups excluding carboxylic acids is 1. The molecule has 0 unspecified atom stereocenters. The average Bonchev–Trinajstić information content (AvgIpc) is 2.70. The SMILES string of the molecule is COc1ccc(S(=O)(=O)N2CCC(NC(=O)Cc3ccccc3C)CC2)cc1. The van der Waals surface area contributed by atoms with Gasteiger partial charge in [0.1, 0.15) is 5.75 Å². The summed E-state index contributed by atoms with van der Waals surface area (Å²) in [5, 5.41) is 3.04. The van der Waals surface area contributed by atoms with Crippen LogP contribution in [-0.4, -0.2) is 44.9 Å². The number of hydrogen-bond donors (Lipinski definition) is 1. The molecule has 1 heterocycles. The Labute approximate surface area is 166 Å². The van der Waals surface area contributed by atoms with E-state index in [1.165, 1.54) is 4.31 Å². The fourth-order valence-corrected chi connectivity index (χ4v) is 4.87. The second kappa shape index (κ2) is 8.75. The molecule has 0 bridgehead atoms. The molecular weight excluding hydrogens is 376 g/mol. The molecule has 1 saturated heterocycles. The first-order chi connectivity index (χ1) is 13.4. The lowest BCUT2D eigenvalue weighted by atomic mass is 10.0. The van der Waals surface area contributed by atoms with E-state index >= 15 is 0 Å². The van der Waals surface area contributed by atoms with E-state index in [4.69, 9.17) is 4.74 Å². The molecule has 150 valence electrons. The van der Waals surface area contributed by atoms with Gasteiger partial charge in [-0.1, -0.05) is 24.3 Å². The molecule has 28 heavy (non-hydrogen) atoms. The van der Waals surface area contributed by atoms with Crippen LogP contribution in [0.1, 0.15) is 24.0 Å². The maximum atomic E-state index is 12.8. The minimum Gasteiger partial charge on any atom is -0.497 e. The van der Waals surface area contributed by atoms with E-state index in [1.54, 1.807) is 31.4 Å². The fraction of sp³-hybridized carbons (Fsp3) is 0.381. The van der Waals surface area contributed by atoms with E-state index in [9.17, 15) is 13.2 Å². The number of sulfonamides is 1. The summed E-state index contributed by atoms with van der Waals surface area (Å²) in [5.74, 6) is 0.597. The van der Waals surface area contributed by atoms with Gasteiger partial charge in [-0.05, 0) is 55.2 Å². The second-order valence-corrected chi connectivity index (χ2v) is 8.96. The first kappa shape index (κ1) is 20.4. The van der Waals surface area contributed by atoms with Crippen molar-refractivity contribution in [2.24, 2.45) is 0 Å². The van der Waals surface area contributed by atoms with E-state index in [0.29, 0.717) is 38.1 Å². The van der Waals surface area contributed by atoms with Crippen molar-refractivity contribution in [3.63, 3.8) is 0 Å². The Morgan fingerprint density at radius 2 is 1.75 bits per heavy atom. The molecule has 3 rings (SSSR count). The molecule has 0 aromatic heterocycles. The standard InChI is InChI=1S/C21H26N2O4S/c1-16-5-3-4-6-17(16)15-21(24)22-18-11-13-23(14-12-18)28(25,26)20-9-7-19(27-2)8-10-20/h3-10,18H,11-15H2,1-2H3,(H,22,24). The van der Waals surface area contributed by atoms with Crippen molar-refractivity contribution in [3.05, 3.63) is 59.7 Å². The number of rotatable bonds is 6. The van der Waals surface area contributed by atoms with Crippen LogP contribution in [0.4, 0.5) is 0 Å². The smallest absolute Gasteiger partial charge is 0.243 e. The van der Waals surface area contributed by atoms with Crippen molar-refractivity contribution < 1.29 is 17.9 Å². The van der Waals surface area contributed by atoms with Gasteiger partial charge >= 0.3 is 0 Å². The quantitative estimate of drug-likeness (QED) is 0.806. The maximum absolute atomic E-state index is 12.8. The summed E-state index contributed by atoms with van der Waals surface area (Å²) in [4.78, 5) is 12.6. The zero-order valence-electron chi connectivity index (χ0n) is 16.2. The molecule has 1 fully saturated rings. The highest BCUT2D eigenvalue weighted by Gasteiger charge is 2.30. The van der Waals surface area contributed by atoms with Crippen molar-refractivity contribution >= 4 is 15.9 Å². The van der Waals surface area contributed by atoms with Crippen LogP contribution in [0, 0.1) is 6.92 Å². The average molecular weight is 403 g/mol. The monoisotopic (exact) mass is 402 g/mol. The Kier molecular flexibility index (Phi) is 6.36. The molecule has 1 aliphatic heterocycles. The van der Waals surface area contributed by atoms with E-state index in [-0.39, 0.29) is 16.8 Å². The Bertz CT molecular complexity index is 918. The van der Waals surface area contributed by atoms with Gasteiger partial charge < -0.3 is 10.1 Å². The first-order valence-electron chi connectivity index (χ1n) is 9.38. The van der Waals surface area contributed by atoms with Gasteiger partial charge in [-0.2, -0.15) is 4.31 Å². The second-order valence-electron chi connectivity index (χ2n) is 7.02. The van der Waals surface area contributed by atoms with Crippen molar-refractivity contribution in [1.82, 2.24) is 9.62 Å². The Morgan fingerprint density at radius 3 is 2.36 bits per heavy atom. The van der Waals surface area contributed by atoms with E-state index < -0.39 is 10.0 Å². The highest BCUT2D eigenvalue weighted by atomic mass is 32.2. The highest BCUT2D eigenvalue weighted by Crippen LogP contribution is 2.23. The fourth-order valence-electron chi connectivity index (χ4n) is 3.40. The van der Waals surface area contributed by atoms with Crippen LogP contribution in [0.2, 0.25) is 0 Å². The minimum absolute atomic E-state index is 0.00108. The van der Waals surface area contributed by atoms with Crippen molar-refractivity contribution in [3.8, 4) is 5.75 Å². The number of nitrogens with zero attached hydrogens (tertiary/aromatic N) is 1. The van der Waals surface area contributed by atoms with E-state index in [0.717, 1.165) is 11.1 Å². The number of methoxy groups -OCH3 is 1. The minimum atomic E-state index is -3.53. The first-order valence-corrected chi connectivity index (χ1v) is 10.8. The van der Waals surface area contributed by atoms with Gasteiger partial charge in [0, 0.05) is 19.1 Å². The summed E-state index contributed by atoms with van der Waals surface area (Å²) in [6, 6.07) is 14.2. The maximum Gasteiger partial charge on any atom is 0.243 e. The zero-order chi connectivity index (χ0) is 20.1. The number of ether oxygens (including phenoxy) is 1. The number of amides is 1. The lowest BCUT2D eigenvalue weighted by molar-refractivity contribution is -0.121. The van der Waals surface area contributed by atoms with E-state index in [2.05, 4.69) is 5.32 Å². The van der Waals surface area contributed by atoms with Crippen molar-refractivity contribution in [1.29, 1.82) is 0 Å². The predicted molar refractivity (Wildman–Crippen MR) is 108 cm³/mol. The van der Waals surface area contributed by atoms with Crippen LogP contribution in [0.15, 0.2) is 53.4 Å². The molecule has 0 spiro atoms. The summed E-state index contributed by atoms with van der Waals surface area (Å²) in [6.07, 6.45) is 1.56. The lowest BCUT2D eigenvalue weighted by Crippen LogP contribution is -2.46. The highest BCUT2D eigenvalue weighted by molar-refractivity contribution is 7.89. The van der Waals surface area contributed by atoms with Crippen molar-refractivity contribution in [2.45, 2.75) is 37.1 Å². The third-order valence-corrected chi connectivity index (χ3v) is 7.04. The molecule has 1 aliphatic rings. The van der Waals surface area contributed by atoms with Gasteiger partial charge in [0.25, 0.3) is 0 Å². The van der Waals surface area contributed by atoms with Crippen LogP contribution < -0.4 is 10.1 Å². The summed E-state index contributed by atoms with van der Waals surface area (Å²) in [5.41, 5.74) is 2.11. The molecule has 2 aromatic carbocycles. The van der Waals surface area contributed by atoms with Gasteiger partial charge in [-0.25, -0.2) is 8.42 Å². The number of nitrogens with one attached hydrogen (secondary N) is 1. The number of aryl methyl sites for hydroxylation is 1. The third kappa shape index (κ3) is 4.72. The number of carbonyl (C=O) groups is 1. The molecule has 1 N–H and O–H groups in total. The van der Waals surface area contributed by atoms with Crippen molar-refractivity contribution in [2.75, 3.05) is 20.2 Å². The Morgan fingerprint density at radius 1 is 1.11 bits per heavy atom. The predicted octanol–water partition coefficient (Wildman–Crippen LogP) is 2.52. The summed E-state index contributed by atoms with van der Waals surface area (Å²) < 4.78 is 32.1. The normalized spacial score (nSPS) is 15.9. The molecule has 6 nitrogen and oxygen atoms in total. The molecule has 0 saturated carbocycles. The van der Waals surface area contributed by atoms with Crippen LogP contribution in [0.5, 0.6) is 5.75 Å². The van der Waals surface area contributed by atoms with Crippen LogP contribution in [-0.2, 0) is 21.2 Å². The van der Waals surface area contributed by atoms with Crippen LogP contribution >= 0.6 is 0 Å². The third-order valence-electron chi connectivity index (χ3n) is 5.13. The zero-order valence-corrected chi connectivity index (χ0v) is 17.0. The molecule has 0 atom stereocenters. The van der Waals surface area contributed by atoms with Crippen LogP contribution in [0.3, 0.4) is 0 Å². The van der Waals surface area contributed by atoms with Crippen LogP contribution in [0.25, 0.3) is 0 Å². The van der Waals surface area contributed by atoms with E-state index in [1.807, 2.05) is 31.2 Å². The molecule has 0 radical (unpaired) electrons. The molecule has 7 heteroatoms. The topological polar surface area (TPSA) is 75.7 Å². The van der Waals surface area contributed by atoms with Gasteiger partial charge in [-0.15, -0.1) is 0 Å². The van der Waals surface area contributed by atoms with Gasteiger partial charge in [-0.3, -0.25) is 4.79 Å². The number of hydrogen-bond acceptors (Lipinski definition) is 4. The van der Waals surface area contributed by atoms with Gasteiger partial charge in [0.05, 0.1) is 18.4 Å².